The van der Waals surface area contributed by atoms with E-state index < -0.39 is 0 Å². The van der Waals surface area contributed by atoms with E-state index in [2.05, 4.69) is 0 Å². The highest BCUT2D eigenvalue weighted by atomic mass is 35.5. The molecule has 1 fully saturated rings. The number of hydrogen-bond acceptors (Lipinski definition) is 2. The Bertz CT molecular complexity index is 453. The third-order valence-corrected chi connectivity index (χ3v) is 3.48. The van der Waals surface area contributed by atoms with Gasteiger partial charge in [-0.05, 0) is 51.3 Å². The van der Waals surface area contributed by atoms with Gasteiger partial charge in [-0.15, -0.1) is 0 Å². The molecule has 2 rings (SSSR count). The lowest BCUT2D eigenvalue weighted by Gasteiger charge is -2.26. The van der Waals surface area contributed by atoms with Crippen molar-refractivity contribution in [3.63, 3.8) is 0 Å². The van der Waals surface area contributed by atoms with E-state index in [0.717, 1.165) is 25.9 Å². The Morgan fingerprint density at radius 3 is 2.53 bits per heavy atom. The van der Waals surface area contributed by atoms with Crippen LogP contribution in [0, 0.1) is 0 Å². The topological polar surface area (TPSA) is 29.5 Å². The van der Waals surface area contributed by atoms with E-state index in [1.54, 1.807) is 18.2 Å². The minimum absolute atomic E-state index is 0.0673. The molecule has 1 heterocycles. The molecule has 0 unspecified atom stereocenters. The van der Waals surface area contributed by atoms with E-state index in [0.29, 0.717) is 16.3 Å². The van der Waals surface area contributed by atoms with E-state index in [-0.39, 0.29) is 12.0 Å². The minimum Gasteiger partial charge on any atom is -0.489 e. The summed E-state index contributed by atoms with van der Waals surface area (Å²) in [7, 11) is 0. The quantitative estimate of drug-likeness (QED) is 0.844. The molecule has 0 radical (unpaired) electrons. The molecule has 0 spiro atoms. The van der Waals surface area contributed by atoms with Gasteiger partial charge >= 0.3 is 0 Å². The lowest BCUT2D eigenvalue weighted by molar-refractivity contribution is 0.0724. The van der Waals surface area contributed by atoms with Crippen molar-refractivity contribution in [2.24, 2.45) is 0 Å². The fourth-order valence-electron chi connectivity index (χ4n) is 2.26. The number of rotatable bonds is 3. The number of piperidine rings is 1. The van der Waals surface area contributed by atoms with Gasteiger partial charge in [0, 0.05) is 18.7 Å². The number of halogens is 1. The van der Waals surface area contributed by atoms with Gasteiger partial charge in [-0.1, -0.05) is 11.6 Å². The molecule has 0 saturated carbocycles. The average molecular weight is 282 g/mol. The Balaban J connectivity index is 2.12. The van der Waals surface area contributed by atoms with Crippen LogP contribution >= 0.6 is 11.6 Å². The van der Waals surface area contributed by atoms with Gasteiger partial charge < -0.3 is 9.64 Å². The van der Waals surface area contributed by atoms with E-state index >= 15 is 0 Å². The largest absolute Gasteiger partial charge is 0.489 e. The zero-order valence-electron chi connectivity index (χ0n) is 11.5. The van der Waals surface area contributed by atoms with Gasteiger partial charge in [0.15, 0.2) is 0 Å². The van der Waals surface area contributed by atoms with Crippen molar-refractivity contribution in [3.05, 3.63) is 28.8 Å². The van der Waals surface area contributed by atoms with Gasteiger partial charge in [0.1, 0.15) is 5.75 Å². The second kappa shape index (κ2) is 6.29. The molecule has 3 nitrogen and oxygen atoms in total. The summed E-state index contributed by atoms with van der Waals surface area (Å²) in [6, 6.07) is 5.27. The fraction of sp³-hybridized carbons (Fsp3) is 0.533. The average Bonchev–Trinajstić information content (AvgIpc) is 2.41. The minimum atomic E-state index is 0.0673. The summed E-state index contributed by atoms with van der Waals surface area (Å²) >= 11 is 6.16. The predicted octanol–water partition coefficient (Wildman–Crippen LogP) is 3.75. The van der Waals surface area contributed by atoms with Crippen LogP contribution in [0.4, 0.5) is 0 Å². The van der Waals surface area contributed by atoms with Crippen molar-refractivity contribution in [1.82, 2.24) is 4.90 Å². The van der Waals surface area contributed by atoms with Crippen molar-refractivity contribution < 1.29 is 9.53 Å². The second-order valence-corrected chi connectivity index (χ2v) is 5.57. The molecule has 1 aromatic carbocycles. The third kappa shape index (κ3) is 3.63. The van der Waals surface area contributed by atoms with Crippen molar-refractivity contribution in [3.8, 4) is 5.75 Å². The smallest absolute Gasteiger partial charge is 0.253 e. The van der Waals surface area contributed by atoms with Gasteiger partial charge in [0.25, 0.3) is 5.91 Å². The van der Waals surface area contributed by atoms with Crippen LogP contribution in [0.3, 0.4) is 0 Å². The Labute approximate surface area is 119 Å². The first-order valence-electron chi connectivity index (χ1n) is 6.83. The highest BCUT2D eigenvalue weighted by molar-refractivity contribution is 6.32. The maximum Gasteiger partial charge on any atom is 0.253 e. The molecule has 1 saturated heterocycles. The molecule has 0 bridgehead atoms. The van der Waals surface area contributed by atoms with Crippen molar-refractivity contribution >= 4 is 17.5 Å². The standard InChI is InChI=1S/C15H20ClNO2/c1-11(2)19-14-7-6-12(10-13(14)16)15(18)17-8-4-3-5-9-17/h6-7,10-11H,3-5,8-9H2,1-2H3. The van der Waals surface area contributed by atoms with Crippen LogP contribution in [-0.2, 0) is 0 Å². The highest BCUT2D eigenvalue weighted by Crippen LogP contribution is 2.27. The van der Waals surface area contributed by atoms with E-state index in [9.17, 15) is 4.79 Å². The highest BCUT2D eigenvalue weighted by Gasteiger charge is 2.19. The fourth-order valence-corrected chi connectivity index (χ4v) is 2.49. The number of ether oxygens (including phenoxy) is 1. The molecule has 19 heavy (non-hydrogen) atoms. The SMILES string of the molecule is CC(C)Oc1ccc(C(=O)N2CCCCC2)cc1Cl. The summed E-state index contributed by atoms with van der Waals surface area (Å²) in [5.74, 6) is 0.699. The number of nitrogens with zero attached hydrogens (tertiary/aromatic N) is 1. The molecule has 1 aliphatic heterocycles. The van der Waals surface area contributed by atoms with E-state index in [1.807, 2.05) is 18.7 Å². The molecular weight excluding hydrogens is 262 g/mol. The van der Waals surface area contributed by atoms with Crippen LogP contribution in [0.2, 0.25) is 5.02 Å². The molecule has 0 aromatic heterocycles. The number of amides is 1. The van der Waals surface area contributed by atoms with Crippen LogP contribution in [0.1, 0.15) is 43.5 Å². The Hall–Kier alpha value is -1.22. The number of carbonyl (C=O) groups is 1. The third-order valence-electron chi connectivity index (χ3n) is 3.18. The van der Waals surface area contributed by atoms with Crippen molar-refractivity contribution in [1.29, 1.82) is 0 Å². The molecule has 1 amide bonds. The van der Waals surface area contributed by atoms with E-state index in [4.69, 9.17) is 16.3 Å². The molecule has 1 aliphatic rings. The predicted molar refractivity (Wildman–Crippen MR) is 77.0 cm³/mol. The van der Waals surface area contributed by atoms with Crippen LogP contribution in [0.15, 0.2) is 18.2 Å². The van der Waals surface area contributed by atoms with Gasteiger partial charge in [0.2, 0.25) is 0 Å². The van der Waals surface area contributed by atoms with Gasteiger partial charge in [-0.3, -0.25) is 4.79 Å². The molecule has 0 N–H and O–H groups in total. The Morgan fingerprint density at radius 1 is 1.26 bits per heavy atom. The molecular formula is C15H20ClNO2. The summed E-state index contributed by atoms with van der Waals surface area (Å²) in [5, 5.41) is 0.497. The number of benzene rings is 1. The normalized spacial score (nSPS) is 15.7. The molecule has 0 atom stereocenters. The molecule has 0 aliphatic carbocycles. The summed E-state index contributed by atoms with van der Waals surface area (Å²) in [5.41, 5.74) is 0.642. The van der Waals surface area contributed by atoms with Crippen LogP contribution in [-0.4, -0.2) is 30.0 Å². The van der Waals surface area contributed by atoms with Crippen molar-refractivity contribution in [2.75, 3.05) is 13.1 Å². The number of hydrogen-bond donors (Lipinski definition) is 0. The molecule has 4 heteroatoms. The zero-order chi connectivity index (χ0) is 13.8. The van der Waals surface area contributed by atoms with Gasteiger partial charge in [0.05, 0.1) is 11.1 Å². The lowest BCUT2D eigenvalue weighted by Crippen LogP contribution is -2.35. The first-order chi connectivity index (χ1) is 9.08. The first-order valence-corrected chi connectivity index (χ1v) is 7.21. The Morgan fingerprint density at radius 2 is 1.95 bits per heavy atom. The summed E-state index contributed by atoms with van der Waals surface area (Å²) in [4.78, 5) is 14.2. The maximum atomic E-state index is 12.3. The Kier molecular flexibility index (Phi) is 4.70. The van der Waals surface area contributed by atoms with E-state index in [1.165, 1.54) is 6.42 Å². The summed E-state index contributed by atoms with van der Waals surface area (Å²) < 4.78 is 5.57. The molecule has 1 aromatic rings. The summed E-state index contributed by atoms with van der Waals surface area (Å²) in [6.45, 7) is 5.59. The first kappa shape index (κ1) is 14.2. The van der Waals surface area contributed by atoms with Crippen LogP contribution in [0.5, 0.6) is 5.75 Å². The van der Waals surface area contributed by atoms with Crippen LogP contribution < -0.4 is 4.74 Å². The lowest BCUT2D eigenvalue weighted by atomic mass is 10.1. The maximum absolute atomic E-state index is 12.3. The monoisotopic (exact) mass is 281 g/mol. The molecule has 104 valence electrons. The van der Waals surface area contributed by atoms with Crippen LogP contribution in [0.25, 0.3) is 0 Å². The number of likely N-dealkylation sites (tertiary alicyclic amines) is 1. The zero-order valence-corrected chi connectivity index (χ0v) is 12.2. The summed E-state index contributed by atoms with van der Waals surface area (Å²) in [6.07, 6.45) is 3.47. The number of carbonyl (C=O) groups excluding carboxylic acids is 1. The second-order valence-electron chi connectivity index (χ2n) is 5.16. The van der Waals surface area contributed by atoms with Gasteiger partial charge in [-0.2, -0.15) is 0 Å². The van der Waals surface area contributed by atoms with Crippen molar-refractivity contribution in [2.45, 2.75) is 39.2 Å². The van der Waals surface area contributed by atoms with Gasteiger partial charge in [-0.25, -0.2) is 0 Å².